The maximum absolute atomic E-state index is 13.1. The van der Waals surface area contributed by atoms with E-state index in [0.29, 0.717) is 5.56 Å². The van der Waals surface area contributed by atoms with Gasteiger partial charge in [0.2, 0.25) is 10.0 Å². The molecule has 0 spiro atoms. The molecule has 0 aliphatic heterocycles. The Kier molecular flexibility index (Phi) is 4.59. The molecule has 6 heteroatoms. The molecule has 21 heavy (non-hydrogen) atoms. The van der Waals surface area contributed by atoms with Gasteiger partial charge in [0.25, 0.3) is 0 Å². The van der Waals surface area contributed by atoms with E-state index in [9.17, 15) is 12.8 Å². The summed E-state index contributed by atoms with van der Waals surface area (Å²) in [5.74, 6) is -0.378. The summed E-state index contributed by atoms with van der Waals surface area (Å²) in [4.78, 5) is 0.209. The molecule has 2 rings (SSSR count). The van der Waals surface area contributed by atoms with Gasteiger partial charge in [0.15, 0.2) is 0 Å². The molecule has 112 valence electrons. The Morgan fingerprint density at radius 2 is 1.81 bits per heavy atom. The minimum atomic E-state index is -3.59. The van der Waals surface area contributed by atoms with E-state index in [4.69, 9.17) is 0 Å². The monoisotopic (exact) mass is 308 g/mol. The fourth-order valence-electron chi connectivity index (χ4n) is 1.95. The Morgan fingerprint density at radius 1 is 1.14 bits per heavy atom. The lowest BCUT2D eigenvalue weighted by Crippen LogP contribution is -2.26. The molecule has 0 atom stereocenters. The average molecular weight is 308 g/mol. The third-order valence-corrected chi connectivity index (χ3v) is 4.96. The molecule has 0 radical (unpaired) electrons. The number of nitrogens with zero attached hydrogens (tertiary/aromatic N) is 1. The van der Waals surface area contributed by atoms with Crippen molar-refractivity contribution >= 4 is 15.7 Å². The van der Waals surface area contributed by atoms with E-state index in [2.05, 4.69) is 5.32 Å². The van der Waals surface area contributed by atoms with E-state index >= 15 is 0 Å². The van der Waals surface area contributed by atoms with Crippen LogP contribution in [0.2, 0.25) is 0 Å². The molecule has 2 aromatic rings. The van der Waals surface area contributed by atoms with Crippen molar-refractivity contribution in [2.45, 2.75) is 11.4 Å². The first-order valence-corrected chi connectivity index (χ1v) is 7.86. The Labute approximate surface area is 124 Å². The zero-order chi connectivity index (χ0) is 15.5. The number of halogens is 1. The van der Waals surface area contributed by atoms with E-state index in [0.717, 1.165) is 5.69 Å². The molecule has 4 nitrogen and oxygen atoms in total. The van der Waals surface area contributed by atoms with Crippen molar-refractivity contribution in [2.24, 2.45) is 0 Å². The van der Waals surface area contributed by atoms with Crippen molar-refractivity contribution in [3.63, 3.8) is 0 Å². The van der Waals surface area contributed by atoms with Crippen LogP contribution in [0.25, 0.3) is 0 Å². The predicted octanol–water partition coefficient (Wildman–Crippen LogP) is 2.69. The van der Waals surface area contributed by atoms with Crippen LogP contribution in [-0.2, 0) is 16.6 Å². The maximum Gasteiger partial charge on any atom is 0.243 e. The fraction of sp³-hybridized carbons (Fsp3) is 0.200. The van der Waals surface area contributed by atoms with Crippen molar-refractivity contribution < 1.29 is 12.8 Å². The first-order valence-electron chi connectivity index (χ1n) is 6.42. The van der Waals surface area contributed by atoms with Gasteiger partial charge in [-0.2, -0.15) is 4.31 Å². The average Bonchev–Trinajstić information content (AvgIpc) is 2.47. The molecule has 0 saturated heterocycles. The van der Waals surface area contributed by atoms with Crippen LogP contribution < -0.4 is 5.32 Å². The van der Waals surface area contributed by atoms with Crippen molar-refractivity contribution in [3.05, 3.63) is 59.9 Å². The summed E-state index contributed by atoms with van der Waals surface area (Å²) >= 11 is 0. The molecular weight excluding hydrogens is 291 g/mol. The van der Waals surface area contributed by atoms with Gasteiger partial charge in [0.05, 0.1) is 4.90 Å². The molecule has 0 bridgehead atoms. The minimum Gasteiger partial charge on any atom is -0.388 e. The quantitative estimate of drug-likeness (QED) is 0.924. The van der Waals surface area contributed by atoms with Gasteiger partial charge in [-0.15, -0.1) is 0 Å². The van der Waals surface area contributed by atoms with Gasteiger partial charge < -0.3 is 5.32 Å². The predicted molar refractivity (Wildman–Crippen MR) is 81.0 cm³/mol. The van der Waals surface area contributed by atoms with Gasteiger partial charge in [0, 0.05) is 26.3 Å². The van der Waals surface area contributed by atoms with Crippen LogP contribution in [0.15, 0.2) is 53.4 Å². The Hall–Kier alpha value is -1.92. The van der Waals surface area contributed by atoms with E-state index < -0.39 is 10.0 Å². The molecule has 0 aromatic heterocycles. The highest BCUT2D eigenvalue weighted by molar-refractivity contribution is 7.89. The van der Waals surface area contributed by atoms with Crippen LogP contribution in [0.5, 0.6) is 0 Å². The second-order valence-corrected chi connectivity index (χ2v) is 6.71. The van der Waals surface area contributed by atoms with Gasteiger partial charge in [-0.25, -0.2) is 12.8 Å². The lowest BCUT2D eigenvalue weighted by molar-refractivity contribution is 0.465. The zero-order valence-electron chi connectivity index (χ0n) is 11.9. The van der Waals surface area contributed by atoms with Gasteiger partial charge in [-0.3, -0.25) is 0 Å². The van der Waals surface area contributed by atoms with Crippen molar-refractivity contribution in [1.29, 1.82) is 0 Å². The van der Waals surface area contributed by atoms with Crippen LogP contribution in [0, 0.1) is 5.82 Å². The van der Waals surface area contributed by atoms with Crippen molar-refractivity contribution in [2.75, 3.05) is 19.4 Å². The summed E-state index contributed by atoms with van der Waals surface area (Å²) in [6.07, 6.45) is 0. The number of hydrogen-bond donors (Lipinski definition) is 1. The van der Waals surface area contributed by atoms with E-state index in [1.165, 1.54) is 23.5 Å². The number of nitrogens with one attached hydrogen (secondary N) is 1. The van der Waals surface area contributed by atoms with E-state index in [-0.39, 0.29) is 17.3 Å². The molecule has 0 aliphatic rings. The van der Waals surface area contributed by atoms with Crippen LogP contribution in [0.4, 0.5) is 10.1 Å². The number of sulfonamides is 1. The summed E-state index contributed by atoms with van der Waals surface area (Å²) in [6.45, 7) is 0.119. The number of benzene rings is 2. The Bertz CT molecular complexity index is 715. The summed E-state index contributed by atoms with van der Waals surface area (Å²) in [7, 11) is -0.350. The normalized spacial score (nSPS) is 11.6. The third kappa shape index (κ3) is 3.59. The van der Waals surface area contributed by atoms with Crippen LogP contribution in [0.1, 0.15) is 5.56 Å². The number of anilines is 1. The first kappa shape index (κ1) is 15.5. The van der Waals surface area contributed by atoms with Crippen LogP contribution in [0.3, 0.4) is 0 Å². The molecule has 0 heterocycles. The Balaban J connectivity index is 2.21. The van der Waals surface area contributed by atoms with Crippen LogP contribution in [-0.4, -0.2) is 26.8 Å². The highest BCUT2D eigenvalue weighted by Gasteiger charge is 2.20. The lowest BCUT2D eigenvalue weighted by atomic mass is 10.2. The lowest BCUT2D eigenvalue weighted by Gasteiger charge is -2.17. The van der Waals surface area contributed by atoms with Gasteiger partial charge in [-0.1, -0.05) is 12.1 Å². The standard InChI is InChI=1S/C15H17FN2O2S/c1-17-14-6-8-15(9-7-14)21(19,20)18(2)11-12-4-3-5-13(16)10-12/h3-10,17H,11H2,1-2H3. The number of rotatable bonds is 5. The first-order chi connectivity index (χ1) is 9.93. The van der Waals surface area contributed by atoms with E-state index in [1.807, 2.05) is 0 Å². The van der Waals surface area contributed by atoms with Gasteiger partial charge in [0.1, 0.15) is 5.82 Å². The molecule has 0 aliphatic carbocycles. The topological polar surface area (TPSA) is 49.4 Å². The Morgan fingerprint density at radius 3 is 2.38 bits per heavy atom. The molecular formula is C15H17FN2O2S. The van der Waals surface area contributed by atoms with Gasteiger partial charge in [-0.05, 0) is 42.0 Å². The fourth-order valence-corrected chi connectivity index (χ4v) is 3.11. The highest BCUT2D eigenvalue weighted by Crippen LogP contribution is 2.19. The second-order valence-electron chi connectivity index (χ2n) is 4.67. The SMILES string of the molecule is CNc1ccc(S(=O)(=O)N(C)Cc2cccc(F)c2)cc1. The smallest absolute Gasteiger partial charge is 0.243 e. The molecule has 1 N–H and O–H groups in total. The summed E-state index contributed by atoms with van der Waals surface area (Å²) < 4.78 is 39.2. The van der Waals surface area contributed by atoms with Crippen molar-refractivity contribution in [1.82, 2.24) is 4.31 Å². The van der Waals surface area contributed by atoms with Crippen LogP contribution >= 0.6 is 0 Å². The largest absolute Gasteiger partial charge is 0.388 e. The molecule has 0 amide bonds. The zero-order valence-corrected chi connectivity index (χ0v) is 12.7. The van der Waals surface area contributed by atoms with Gasteiger partial charge >= 0.3 is 0 Å². The molecule has 0 saturated carbocycles. The summed E-state index contributed by atoms with van der Waals surface area (Å²) in [5, 5.41) is 2.93. The maximum atomic E-state index is 13.1. The summed E-state index contributed by atoms with van der Waals surface area (Å²) in [5.41, 5.74) is 1.44. The summed E-state index contributed by atoms with van der Waals surface area (Å²) in [6, 6.07) is 12.4. The molecule has 2 aromatic carbocycles. The third-order valence-electron chi connectivity index (χ3n) is 3.15. The van der Waals surface area contributed by atoms with E-state index in [1.54, 1.807) is 43.4 Å². The molecule has 0 unspecified atom stereocenters. The minimum absolute atomic E-state index is 0.119. The number of hydrogen-bond acceptors (Lipinski definition) is 3. The molecule has 0 fully saturated rings. The highest BCUT2D eigenvalue weighted by atomic mass is 32.2. The van der Waals surface area contributed by atoms with Crippen molar-refractivity contribution in [3.8, 4) is 0 Å². The second kappa shape index (κ2) is 6.24.